The number of nitrogens with zero attached hydrogens (tertiary/aromatic N) is 1. The highest BCUT2D eigenvalue weighted by Gasteiger charge is 2.10. The van der Waals surface area contributed by atoms with E-state index in [2.05, 4.69) is 30.8 Å². The molecular formula is C13H19NO2. The summed E-state index contributed by atoms with van der Waals surface area (Å²) in [5.74, 6) is 0.856. The Morgan fingerprint density at radius 2 is 2.06 bits per heavy atom. The molecule has 0 N–H and O–H groups in total. The second-order valence-corrected chi connectivity index (χ2v) is 4.84. The molecule has 0 bridgehead atoms. The van der Waals surface area contributed by atoms with E-state index in [1.165, 1.54) is 7.11 Å². The molecule has 0 aliphatic heterocycles. The van der Waals surface area contributed by atoms with Crippen LogP contribution in [-0.2, 0) is 4.84 Å². The van der Waals surface area contributed by atoms with Crippen molar-refractivity contribution < 1.29 is 9.57 Å². The van der Waals surface area contributed by atoms with Crippen LogP contribution in [0.3, 0.4) is 0 Å². The number of rotatable bonds is 4. The summed E-state index contributed by atoms with van der Waals surface area (Å²) in [6, 6.07) is 7.77. The Hall–Kier alpha value is -1.51. The molecule has 0 aliphatic carbocycles. The summed E-state index contributed by atoms with van der Waals surface area (Å²) in [5, 5.41) is 3.71. The van der Waals surface area contributed by atoms with Crippen LogP contribution in [0.1, 0.15) is 26.3 Å². The van der Waals surface area contributed by atoms with Crippen LogP contribution in [0.25, 0.3) is 0 Å². The van der Waals surface area contributed by atoms with Gasteiger partial charge in [0.25, 0.3) is 0 Å². The van der Waals surface area contributed by atoms with Crippen molar-refractivity contribution in [2.75, 3.05) is 13.7 Å². The summed E-state index contributed by atoms with van der Waals surface area (Å²) in [5.41, 5.74) is 1.13. The molecule has 3 heteroatoms. The van der Waals surface area contributed by atoms with Crippen molar-refractivity contribution in [3.63, 3.8) is 0 Å². The fraction of sp³-hybridized carbons (Fsp3) is 0.462. The zero-order valence-corrected chi connectivity index (χ0v) is 10.4. The monoisotopic (exact) mass is 221 g/mol. The second-order valence-electron chi connectivity index (χ2n) is 4.84. The van der Waals surface area contributed by atoms with Gasteiger partial charge in [-0.2, -0.15) is 0 Å². The molecule has 1 aromatic rings. The second kappa shape index (κ2) is 5.54. The molecule has 0 spiro atoms. The van der Waals surface area contributed by atoms with Crippen LogP contribution in [-0.4, -0.2) is 19.9 Å². The molecular weight excluding hydrogens is 202 g/mol. The first-order valence-corrected chi connectivity index (χ1v) is 5.31. The third-order valence-corrected chi connectivity index (χ3v) is 1.84. The summed E-state index contributed by atoms with van der Waals surface area (Å²) in [6.45, 7) is 7.12. The Morgan fingerprint density at radius 1 is 1.31 bits per heavy atom. The highest BCUT2D eigenvalue weighted by Crippen LogP contribution is 2.18. The predicted octanol–water partition coefficient (Wildman–Crippen LogP) is 3.09. The van der Waals surface area contributed by atoms with Gasteiger partial charge in [-0.1, -0.05) is 38.1 Å². The van der Waals surface area contributed by atoms with Gasteiger partial charge in [-0.15, -0.1) is 0 Å². The van der Waals surface area contributed by atoms with E-state index in [0.717, 1.165) is 11.3 Å². The molecule has 0 atom stereocenters. The van der Waals surface area contributed by atoms with Gasteiger partial charge in [-0.05, 0) is 23.1 Å². The van der Waals surface area contributed by atoms with E-state index in [9.17, 15) is 0 Å². The fourth-order valence-corrected chi connectivity index (χ4v) is 1.10. The third-order valence-electron chi connectivity index (χ3n) is 1.84. The van der Waals surface area contributed by atoms with Gasteiger partial charge in [-0.3, -0.25) is 0 Å². The Balaban J connectivity index is 2.64. The number of ether oxygens (including phenoxy) is 1. The summed E-state index contributed by atoms with van der Waals surface area (Å²) < 4.78 is 5.69. The van der Waals surface area contributed by atoms with E-state index in [1.54, 1.807) is 6.21 Å². The Morgan fingerprint density at radius 3 is 2.69 bits per heavy atom. The molecule has 1 rings (SSSR count). The van der Waals surface area contributed by atoms with Crippen molar-refractivity contribution in [3.05, 3.63) is 29.8 Å². The molecule has 16 heavy (non-hydrogen) atoms. The molecule has 3 nitrogen and oxygen atoms in total. The van der Waals surface area contributed by atoms with Crippen molar-refractivity contribution in [1.82, 2.24) is 0 Å². The quantitative estimate of drug-likeness (QED) is 0.578. The van der Waals surface area contributed by atoms with Gasteiger partial charge in [0.1, 0.15) is 12.9 Å². The molecule has 88 valence electrons. The molecule has 0 radical (unpaired) electrons. The van der Waals surface area contributed by atoms with Crippen LogP contribution in [0.2, 0.25) is 0 Å². The maximum Gasteiger partial charge on any atom is 0.119 e. The summed E-state index contributed by atoms with van der Waals surface area (Å²) >= 11 is 0. The van der Waals surface area contributed by atoms with Crippen molar-refractivity contribution in [3.8, 4) is 5.75 Å². The predicted molar refractivity (Wildman–Crippen MR) is 66.0 cm³/mol. The number of hydrogen-bond acceptors (Lipinski definition) is 3. The smallest absolute Gasteiger partial charge is 0.119 e. The van der Waals surface area contributed by atoms with Crippen LogP contribution in [0, 0.1) is 5.41 Å². The first-order valence-electron chi connectivity index (χ1n) is 5.31. The van der Waals surface area contributed by atoms with Crippen LogP contribution < -0.4 is 4.74 Å². The molecule has 0 saturated carbocycles. The van der Waals surface area contributed by atoms with Gasteiger partial charge >= 0.3 is 0 Å². The zero-order chi connectivity index (χ0) is 12.0. The minimum Gasteiger partial charge on any atom is -0.493 e. The summed E-state index contributed by atoms with van der Waals surface area (Å²) in [7, 11) is 1.52. The van der Waals surface area contributed by atoms with Crippen molar-refractivity contribution >= 4 is 6.21 Å². The van der Waals surface area contributed by atoms with Gasteiger partial charge < -0.3 is 9.57 Å². The third kappa shape index (κ3) is 4.82. The van der Waals surface area contributed by atoms with Gasteiger partial charge in [0.15, 0.2) is 0 Å². The largest absolute Gasteiger partial charge is 0.493 e. The minimum absolute atomic E-state index is 0.163. The van der Waals surface area contributed by atoms with Crippen LogP contribution in [0.5, 0.6) is 5.75 Å². The van der Waals surface area contributed by atoms with E-state index < -0.39 is 0 Å². The lowest BCUT2D eigenvalue weighted by Crippen LogP contribution is -2.16. The molecule has 0 aromatic heterocycles. The first-order chi connectivity index (χ1) is 7.51. The van der Waals surface area contributed by atoms with Gasteiger partial charge in [0, 0.05) is 0 Å². The van der Waals surface area contributed by atoms with Crippen molar-refractivity contribution in [1.29, 1.82) is 0 Å². The molecule has 0 aliphatic rings. The Kier molecular flexibility index (Phi) is 4.35. The van der Waals surface area contributed by atoms with Crippen LogP contribution in [0.15, 0.2) is 29.4 Å². The van der Waals surface area contributed by atoms with Crippen molar-refractivity contribution in [2.45, 2.75) is 20.8 Å². The average molecular weight is 221 g/mol. The molecule has 0 fully saturated rings. The molecule has 1 aromatic carbocycles. The zero-order valence-electron chi connectivity index (χ0n) is 10.4. The maximum atomic E-state index is 5.69. The van der Waals surface area contributed by atoms with E-state index in [-0.39, 0.29) is 5.41 Å². The number of benzene rings is 1. The normalized spacial score (nSPS) is 11.8. The summed E-state index contributed by atoms with van der Waals surface area (Å²) in [6.07, 6.45) is 1.66. The number of hydrogen-bond donors (Lipinski definition) is 0. The minimum atomic E-state index is 0.163. The Bertz CT molecular complexity index is 353. The molecule has 0 heterocycles. The van der Waals surface area contributed by atoms with Gasteiger partial charge in [-0.25, -0.2) is 0 Å². The summed E-state index contributed by atoms with van der Waals surface area (Å²) in [4.78, 5) is 4.63. The van der Waals surface area contributed by atoms with Crippen molar-refractivity contribution in [2.24, 2.45) is 10.6 Å². The van der Waals surface area contributed by atoms with E-state index >= 15 is 0 Å². The first kappa shape index (κ1) is 12.6. The van der Waals surface area contributed by atoms with E-state index in [4.69, 9.17) is 4.74 Å². The lowest BCUT2D eigenvalue weighted by molar-refractivity contribution is 0.198. The van der Waals surface area contributed by atoms with E-state index in [0.29, 0.717) is 6.61 Å². The van der Waals surface area contributed by atoms with Crippen LogP contribution in [0.4, 0.5) is 0 Å². The molecule has 0 amide bonds. The average Bonchev–Trinajstić information content (AvgIpc) is 2.23. The lowest BCUT2D eigenvalue weighted by atomic mass is 9.99. The standard InChI is InChI=1S/C13H19NO2/c1-13(2,3)10-16-12-7-5-6-11(8-12)9-14-15-4/h5-9H,10H2,1-4H3/b14-9+. The number of oxime groups is 1. The lowest BCUT2D eigenvalue weighted by Gasteiger charge is -2.18. The maximum absolute atomic E-state index is 5.69. The van der Waals surface area contributed by atoms with Crippen LogP contribution >= 0.6 is 0 Å². The highest BCUT2D eigenvalue weighted by molar-refractivity contribution is 5.79. The highest BCUT2D eigenvalue weighted by atomic mass is 16.6. The fourth-order valence-electron chi connectivity index (χ4n) is 1.10. The van der Waals surface area contributed by atoms with E-state index in [1.807, 2.05) is 24.3 Å². The van der Waals surface area contributed by atoms with Gasteiger partial charge in [0.2, 0.25) is 0 Å². The molecule has 0 saturated heterocycles. The van der Waals surface area contributed by atoms with Gasteiger partial charge in [0.05, 0.1) is 12.8 Å². The Labute approximate surface area is 97.1 Å². The molecule has 0 unspecified atom stereocenters. The SMILES string of the molecule is CO/N=C/c1cccc(OCC(C)(C)C)c1. The topological polar surface area (TPSA) is 30.8 Å².